The maximum absolute atomic E-state index is 5.93. The zero-order valence-electron chi connectivity index (χ0n) is 10.0. The second-order valence-electron chi connectivity index (χ2n) is 4.33. The number of hydrogen-bond donors (Lipinski definition) is 2. The Labute approximate surface area is 106 Å². The number of rotatable bonds is 3. The number of aromatic nitrogens is 2. The van der Waals surface area contributed by atoms with Gasteiger partial charge in [0.1, 0.15) is 0 Å². The molecule has 1 aromatic carbocycles. The lowest BCUT2D eigenvalue weighted by molar-refractivity contribution is 0.793. The molecule has 2 heterocycles. The summed E-state index contributed by atoms with van der Waals surface area (Å²) in [6.45, 7) is 0.554. The Hall–Kier alpha value is -2.13. The number of nitrogens with one attached hydrogen (secondary N) is 1. The van der Waals surface area contributed by atoms with Crippen molar-refractivity contribution in [2.24, 2.45) is 5.73 Å². The fourth-order valence-electron chi connectivity index (χ4n) is 2.37. The van der Waals surface area contributed by atoms with Gasteiger partial charge in [-0.05, 0) is 23.8 Å². The fraction of sp³-hybridized carbons (Fsp3) is 0.133. The van der Waals surface area contributed by atoms with E-state index in [1.807, 2.05) is 42.7 Å². The van der Waals surface area contributed by atoms with Crippen LogP contribution in [-0.2, 0) is 0 Å². The van der Waals surface area contributed by atoms with Gasteiger partial charge < -0.3 is 10.7 Å². The van der Waals surface area contributed by atoms with Crippen LogP contribution >= 0.6 is 0 Å². The van der Waals surface area contributed by atoms with E-state index in [1.165, 1.54) is 10.9 Å². The molecule has 3 aromatic rings. The molecular weight excluding hydrogens is 222 g/mol. The molecule has 0 aliphatic heterocycles. The molecule has 0 spiro atoms. The number of H-pyrrole nitrogens is 1. The second-order valence-corrected chi connectivity index (χ2v) is 4.33. The number of pyridine rings is 1. The lowest BCUT2D eigenvalue weighted by Crippen LogP contribution is -2.14. The van der Waals surface area contributed by atoms with Crippen LogP contribution < -0.4 is 5.73 Å². The minimum Gasteiger partial charge on any atom is -0.361 e. The highest BCUT2D eigenvalue weighted by Crippen LogP contribution is 2.28. The largest absolute Gasteiger partial charge is 0.361 e. The van der Waals surface area contributed by atoms with E-state index in [0.29, 0.717) is 6.54 Å². The van der Waals surface area contributed by atoms with Crippen molar-refractivity contribution in [1.82, 2.24) is 9.97 Å². The normalized spacial score (nSPS) is 12.7. The molecule has 3 heteroatoms. The zero-order valence-corrected chi connectivity index (χ0v) is 10.0. The predicted molar refractivity (Wildman–Crippen MR) is 73.4 cm³/mol. The van der Waals surface area contributed by atoms with Crippen molar-refractivity contribution in [1.29, 1.82) is 0 Å². The molecule has 3 N–H and O–H groups in total. The number of para-hydroxylation sites is 1. The van der Waals surface area contributed by atoms with E-state index in [-0.39, 0.29) is 5.92 Å². The van der Waals surface area contributed by atoms with Crippen LogP contribution in [0.1, 0.15) is 17.2 Å². The molecule has 90 valence electrons. The van der Waals surface area contributed by atoms with E-state index < -0.39 is 0 Å². The van der Waals surface area contributed by atoms with Gasteiger partial charge in [-0.2, -0.15) is 0 Å². The summed E-state index contributed by atoms with van der Waals surface area (Å²) in [5, 5.41) is 1.22. The van der Waals surface area contributed by atoms with Crippen molar-refractivity contribution in [3.05, 3.63) is 66.1 Å². The lowest BCUT2D eigenvalue weighted by atomic mass is 9.95. The van der Waals surface area contributed by atoms with Crippen molar-refractivity contribution < 1.29 is 0 Å². The first kappa shape index (κ1) is 11.0. The standard InChI is InChI=1S/C15H15N3/c16-9-12(15-7-3-4-8-17-15)13-10-18-14-6-2-1-5-11(13)14/h1-8,10,12,18H,9,16H2. The second kappa shape index (κ2) is 4.63. The minimum atomic E-state index is 0.141. The Morgan fingerprint density at radius 1 is 1.11 bits per heavy atom. The summed E-state index contributed by atoms with van der Waals surface area (Å²) in [5.74, 6) is 0.141. The first-order valence-corrected chi connectivity index (χ1v) is 6.07. The van der Waals surface area contributed by atoms with Crippen molar-refractivity contribution in [3.8, 4) is 0 Å². The minimum absolute atomic E-state index is 0.141. The summed E-state index contributed by atoms with van der Waals surface area (Å²) in [7, 11) is 0. The molecule has 3 rings (SSSR count). The van der Waals surface area contributed by atoms with Gasteiger partial charge in [-0.3, -0.25) is 4.98 Å². The Kier molecular flexibility index (Phi) is 2.82. The maximum atomic E-state index is 5.93. The van der Waals surface area contributed by atoms with Gasteiger partial charge in [0, 0.05) is 41.5 Å². The van der Waals surface area contributed by atoms with Crippen molar-refractivity contribution >= 4 is 10.9 Å². The van der Waals surface area contributed by atoms with Crippen molar-refractivity contribution in [2.75, 3.05) is 6.54 Å². The van der Waals surface area contributed by atoms with Gasteiger partial charge in [-0.1, -0.05) is 24.3 Å². The predicted octanol–water partition coefficient (Wildman–Crippen LogP) is 2.65. The Balaban J connectivity index is 2.12. The number of nitrogens with two attached hydrogens (primary N) is 1. The van der Waals surface area contributed by atoms with Gasteiger partial charge in [-0.25, -0.2) is 0 Å². The van der Waals surface area contributed by atoms with Crippen molar-refractivity contribution in [3.63, 3.8) is 0 Å². The third-order valence-corrected chi connectivity index (χ3v) is 3.28. The Morgan fingerprint density at radius 2 is 1.94 bits per heavy atom. The highest BCUT2D eigenvalue weighted by molar-refractivity contribution is 5.84. The monoisotopic (exact) mass is 237 g/mol. The summed E-state index contributed by atoms with van der Waals surface area (Å²) in [4.78, 5) is 7.71. The fourth-order valence-corrected chi connectivity index (χ4v) is 2.37. The molecule has 1 atom stereocenters. The van der Waals surface area contributed by atoms with Gasteiger partial charge in [0.25, 0.3) is 0 Å². The van der Waals surface area contributed by atoms with E-state index in [0.717, 1.165) is 11.2 Å². The molecule has 0 amide bonds. The molecule has 0 fully saturated rings. The molecule has 0 saturated heterocycles. The van der Waals surface area contributed by atoms with Gasteiger partial charge in [0.2, 0.25) is 0 Å². The average molecular weight is 237 g/mol. The van der Waals surface area contributed by atoms with Gasteiger partial charge in [0.05, 0.1) is 0 Å². The SMILES string of the molecule is NCC(c1ccccn1)c1c[nH]c2ccccc12. The zero-order chi connectivity index (χ0) is 12.4. The third kappa shape index (κ3) is 1.79. The van der Waals surface area contributed by atoms with Crippen LogP contribution in [0.2, 0.25) is 0 Å². The van der Waals surface area contributed by atoms with Gasteiger partial charge in [-0.15, -0.1) is 0 Å². The number of aromatic amines is 1. The van der Waals surface area contributed by atoms with E-state index >= 15 is 0 Å². The van der Waals surface area contributed by atoms with Crippen molar-refractivity contribution in [2.45, 2.75) is 5.92 Å². The summed E-state index contributed by atoms with van der Waals surface area (Å²) in [6.07, 6.45) is 3.85. The van der Waals surface area contributed by atoms with Gasteiger partial charge in [0.15, 0.2) is 0 Å². The number of nitrogens with zero attached hydrogens (tertiary/aromatic N) is 1. The smallest absolute Gasteiger partial charge is 0.0491 e. The highest BCUT2D eigenvalue weighted by atomic mass is 14.7. The molecule has 0 aliphatic carbocycles. The maximum Gasteiger partial charge on any atom is 0.0491 e. The van der Waals surface area contributed by atoms with Crippen LogP contribution in [0.15, 0.2) is 54.9 Å². The summed E-state index contributed by atoms with van der Waals surface area (Å²) in [6, 6.07) is 14.2. The molecule has 0 radical (unpaired) electrons. The molecule has 1 unspecified atom stereocenters. The molecule has 18 heavy (non-hydrogen) atoms. The van der Waals surface area contributed by atoms with Gasteiger partial charge >= 0.3 is 0 Å². The average Bonchev–Trinajstić information content (AvgIpc) is 2.85. The number of fused-ring (bicyclic) bond motifs is 1. The first-order chi connectivity index (χ1) is 8.90. The van der Waals surface area contributed by atoms with Crippen LogP contribution in [0, 0.1) is 0 Å². The highest BCUT2D eigenvalue weighted by Gasteiger charge is 2.17. The van der Waals surface area contributed by atoms with Crippen LogP contribution in [0.5, 0.6) is 0 Å². The van der Waals surface area contributed by atoms with E-state index in [1.54, 1.807) is 0 Å². The molecule has 0 bridgehead atoms. The van der Waals surface area contributed by atoms with E-state index in [9.17, 15) is 0 Å². The quantitative estimate of drug-likeness (QED) is 0.735. The topological polar surface area (TPSA) is 54.7 Å². The summed E-state index contributed by atoms with van der Waals surface area (Å²) in [5.41, 5.74) is 9.31. The van der Waals surface area contributed by atoms with Crippen LogP contribution in [0.4, 0.5) is 0 Å². The van der Waals surface area contributed by atoms with Crippen LogP contribution in [-0.4, -0.2) is 16.5 Å². The summed E-state index contributed by atoms with van der Waals surface area (Å²) >= 11 is 0. The first-order valence-electron chi connectivity index (χ1n) is 6.07. The molecular formula is C15H15N3. The van der Waals surface area contributed by atoms with Crippen LogP contribution in [0.3, 0.4) is 0 Å². The number of benzene rings is 1. The molecule has 0 aliphatic rings. The molecule has 0 saturated carbocycles. The summed E-state index contributed by atoms with van der Waals surface area (Å²) < 4.78 is 0. The van der Waals surface area contributed by atoms with Crippen LogP contribution in [0.25, 0.3) is 10.9 Å². The Morgan fingerprint density at radius 3 is 2.72 bits per heavy atom. The Bertz CT molecular complexity index is 643. The number of hydrogen-bond acceptors (Lipinski definition) is 2. The van der Waals surface area contributed by atoms with E-state index in [4.69, 9.17) is 5.73 Å². The third-order valence-electron chi connectivity index (χ3n) is 3.28. The van der Waals surface area contributed by atoms with E-state index in [2.05, 4.69) is 22.1 Å². The molecule has 2 aromatic heterocycles. The lowest BCUT2D eigenvalue weighted by Gasteiger charge is -2.13. The molecule has 3 nitrogen and oxygen atoms in total.